The monoisotopic (exact) mass is 308 g/mol. The highest BCUT2D eigenvalue weighted by molar-refractivity contribution is 5.44. The third kappa shape index (κ3) is 3.59. The summed E-state index contributed by atoms with van der Waals surface area (Å²) in [6.07, 6.45) is 5.97. The Hall–Kier alpha value is -2.61. The minimum Gasteiger partial charge on any atom is -0.497 e. The molecule has 0 spiro atoms. The fourth-order valence-electron chi connectivity index (χ4n) is 3.11. The molecule has 5 nitrogen and oxygen atoms in total. The number of benzene rings is 1. The van der Waals surface area contributed by atoms with Gasteiger partial charge in [0.2, 0.25) is 0 Å². The summed E-state index contributed by atoms with van der Waals surface area (Å²) >= 11 is 0. The minimum atomic E-state index is 0.401. The summed E-state index contributed by atoms with van der Waals surface area (Å²) in [5, 5.41) is 9.04. The molecule has 3 rings (SSSR count). The lowest BCUT2D eigenvalue weighted by molar-refractivity contribution is 0.414. The van der Waals surface area contributed by atoms with Crippen LogP contribution in [0.15, 0.2) is 36.7 Å². The Labute approximate surface area is 136 Å². The number of rotatable bonds is 4. The lowest BCUT2D eigenvalue weighted by Gasteiger charge is -2.36. The number of hydrogen-bond donors (Lipinski definition) is 0. The molecule has 2 heterocycles. The van der Waals surface area contributed by atoms with Gasteiger partial charge in [-0.3, -0.25) is 0 Å². The Kier molecular flexibility index (Phi) is 4.72. The Morgan fingerprint density at radius 1 is 1.26 bits per heavy atom. The summed E-state index contributed by atoms with van der Waals surface area (Å²) in [5.74, 6) is 1.73. The summed E-state index contributed by atoms with van der Waals surface area (Å²) in [5.41, 5.74) is 1.71. The van der Waals surface area contributed by atoms with E-state index in [0.717, 1.165) is 37.4 Å². The fraction of sp³-hybridized carbons (Fsp3) is 0.389. The third-order valence-corrected chi connectivity index (χ3v) is 4.32. The lowest BCUT2D eigenvalue weighted by atomic mass is 9.95. The molecule has 2 aromatic rings. The van der Waals surface area contributed by atoms with Crippen molar-refractivity contribution in [2.45, 2.75) is 31.7 Å². The largest absolute Gasteiger partial charge is 0.497 e. The van der Waals surface area contributed by atoms with E-state index in [1.165, 1.54) is 18.3 Å². The van der Waals surface area contributed by atoms with E-state index in [4.69, 9.17) is 10.00 Å². The quantitative estimate of drug-likeness (QED) is 0.869. The highest BCUT2D eigenvalue weighted by Gasteiger charge is 2.24. The van der Waals surface area contributed by atoms with Crippen LogP contribution >= 0.6 is 0 Å². The van der Waals surface area contributed by atoms with Gasteiger partial charge in [-0.2, -0.15) is 5.26 Å². The first kappa shape index (κ1) is 15.3. The van der Waals surface area contributed by atoms with E-state index < -0.39 is 0 Å². The zero-order valence-electron chi connectivity index (χ0n) is 13.3. The average Bonchev–Trinajstić information content (AvgIpc) is 2.63. The Morgan fingerprint density at radius 2 is 2.09 bits per heavy atom. The molecular weight excluding hydrogens is 288 g/mol. The number of hydrogen-bond acceptors (Lipinski definition) is 5. The maximum atomic E-state index is 9.04. The van der Waals surface area contributed by atoms with E-state index in [1.54, 1.807) is 13.2 Å². The van der Waals surface area contributed by atoms with Crippen LogP contribution in [0.5, 0.6) is 5.75 Å². The second kappa shape index (κ2) is 7.10. The topological polar surface area (TPSA) is 62.0 Å². The third-order valence-electron chi connectivity index (χ3n) is 4.32. The van der Waals surface area contributed by atoms with E-state index in [-0.39, 0.29) is 0 Å². The molecule has 1 aromatic carbocycles. The second-order valence-corrected chi connectivity index (χ2v) is 5.77. The first-order valence-corrected chi connectivity index (χ1v) is 7.92. The van der Waals surface area contributed by atoms with Gasteiger partial charge in [-0.1, -0.05) is 12.1 Å². The van der Waals surface area contributed by atoms with Crippen molar-refractivity contribution >= 4 is 5.82 Å². The van der Waals surface area contributed by atoms with Crippen LogP contribution in [0.4, 0.5) is 5.82 Å². The number of nitriles is 1. The highest BCUT2D eigenvalue weighted by atomic mass is 16.5. The molecule has 0 amide bonds. The summed E-state index contributed by atoms with van der Waals surface area (Å²) in [6, 6.07) is 12.5. The molecule has 5 heteroatoms. The summed E-state index contributed by atoms with van der Waals surface area (Å²) in [4.78, 5) is 10.7. The van der Waals surface area contributed by atoms with Crippen LogP contribution in [0.3, 0.4) is 0 Å². The standard InChI is InChI=1S/C18H20N4O/c1-23-17-7-5-14(6-8-17)10-16-4-2-3-9-22(16)18-11-15(12-19)20-13-21-18/h5-8,11,13,16H,2-4,9-10H2,1H3/t16-/m1/s1. The van der Waals surface area contributed by atoms with E-state index in [9.17, 15) is 0 Å². The number of anilines is 1. The number of aromatic nitrogens is 2. The smallest absolute Gasteiger partial charge is 0.145 e. The zero-order chi connectivity index (χ0) is 16.1. The maximum absolute atomic E-state index is 9.04. The van der Waals surface area contributed by atoms with Crippen molar-refractivity contribution in [2.24, 2.45) is 0 Å². The van der Waals surface area contributed by atoms with Gasteiger partial charge in [0.05, 0.1) is 7.11 Å². The molecule has 1 aromatic heterocycles. The van der Waals surface area contributed by atoms with Crippen LogP contribution in [-0.2, 0) is 6.42 Å². The molecule has 1 aliphatic heterocycles. The average molecular weight is 308 g/mol. The van der Waals surface area contributed by atoms with E-state index in [0.29, 0.717) is 11.7 Å². The first-order valence-electron chi connectivity index (χ1n) is 7.92. The van der Waals surface area contributed by atoms with Gasteiger partial charge >= 0.3 is 0 Å². The summed E-state index contributed by atoms with van der Waals surface area (Å²) in [7, 11) is 1.68. The molecule has 1 atom stereocenters. The van der Waals surface area contributed by atoms with Crippen molar-refractivity contribution in [3.05, 3.63) is 47.9 Å². The number of piperidine rings is 1. The fourth-order valence-corrected chi connectivity index (χ4v) is 3.11. The lowest BCUT2D eigenvalue weighted by Crippen LogP contribution is -2.41. The van der Waals surface area contributed by atoms with E-state index in [1.807, 2.05) is 12.1 Å². The summed E-state index contributed by atoms with van der Waals surface area (Å²) < 4.78 is 5.22. The van der Waals surface area contributed by atoms with Crippen LogP contribution < -0.4 is 9.64 Å². The molecule has 0 saturated carbocycles. The van der Waals surface area contributed by atoms with Gasteiger partial charge in [-0.15, -0.1) is 0 Å². The molecule has 0 N–H and O–H groups in total. The minimum absolute atomic E-state index is 0.401. The van der Waals surface area contributed by atoms with Gasteiger partial charge in [0.1, 0.15) is 29.7 Å². The van der Waals surface area contributed by atoms with Crippen molar-refractivity contribution in [3.8, 4) is 11.8 Å². The molecular formula is C18H20N4O. The van der Waals surface area contributed by atoms with Gasteiger partial charge in [0, 0.05) is 18.7 Å². The van der Waals surface area contributed by atoms with Gasteiger partial charge in [0.15, 0.2) is 0 Å². The summed E-state index contributed by atoms with van der Waals surface area (Å²) in [6.45, 7) is 0.975. The molecule has 0 radical (unpaired) electrons. The van der Waals surface area contributed by atoms with Crippen molar-refractivity contribution in [1.82, 2.24) is 9.97 Å². The Balaban J connectivity index is 1.79. The first-order chi connectivity index (χ1) is 11.3. The Morgan fingerprint density at radius 3 is 2.83 bits per heavy atom. The predicted molar refractivity (Wildman–Crippen MR) is 88.4 cm³/mol. The van der Waals surface area contributed by atoms with E-state index in [2.05, 4.69) is 33.1 Å². The van der Waals surface area contributed by atoms with Crippen molar-refractivity contribution in [1.29, 1.82) is 5.26 Å². The van der Waals surface area contributed by atoms with Gasteiger partial charge < -0.3 is 9.64 Å². The predicted octanol–water partition coefficient (Wildman–Crippen LogP) is 2.96. The van der Waals surface area contributed by atoms with Crippen molar-refractivity contribution in [3.63, 3.8) is 0 Å². The van der Waals surface area contributed by atoms with Gasteiger partial charge in [-0.25, -0.2) is 9.97 Å². The molecule has 0 unspecified atom stereocenters. The maximum Gasteiger partial charge on any atom is 0.145 e. The highest BCUT2D eigenvalue weighted by Crippen LogP contribution is 2.26. The molecule has 23 heavy (non-hydrogen) atoms. The van der Waals surface area contributed by atoms with E-state index >= 15 is 0 Å². The van der Waals surface area contributed by atoms with Crippen molar-refractivity contribution in [2.75, 3.05) is 18.6 Å². The molecule has 1 fully saturated rings. The zero-order valence-corrected chi connectivity index (χ0v) is 13.3. The van der Waals surface area contributed by atoms with Crippen LogP contribution in [-0.4, -0.2) is 29.7 Å². The molecule has 118 valence electrons. The normalized spacial score (nSPS) is 17.6. The molecule has 1 saturated heterocycles. The van der Waals surface area contributed by atoms with Crippen LogP contribution in [0, 0.1) is 11.3 Å². The molecule has 0 bridgehead atoms. The van der Waals surface area contributed by atoms with Crippen LogP contribution in [0.2, 0.25) is 0 Å². The number of ether oxygens (including phenoxy) is 1. The second-order valence-electron chi connectivity index (χ2n) is 5.77. The Bertz CT molecular complexity index is 693. The number of nitrogens with zero attached hydrogens (tertiary/aromatic N) is 4. The van der Waals surface area contributed by atoms with Gasteiger partial charge in [0.25, 0.3) is 0 Å². The van der Waals surface area contributed by atoms with Crippen molar-refractivity contribution < 1.29 is 4.74 Å². The molecule has 1 aliphatic rings. The van der Waals surface area contributed by atoms with Gasteiger partial charge in [-0.05, 0) is 43.4 Å². The van der Waals surface area contributed by atoms with Crippen LogP contribution in [0.1, 0.15) is 30.5 Å². The number of methoxy groups -OCH3 is 1. The molecule has 0 aliphatic carbocycles. The SMILES string of the molecule is COc1ccc(C[C@H]2CCCCN2c2cc(C#N)ncn2)cc1. The van der Waals surface area contributed by atoms with Crippen LogP contribution in [0.25, 0.3) is 0 Å².